The zero-order valence-corrected chi connectivity index (χ0v) is 16.5. The Hall–Kier alpha value is -1.55. The Morgan fingerprint density at radius 1 is 1.15 bits per heavy atom. The minimum Gasteiger partial charge on any atom is -0.312 e. The first-order valence-corrected chi connectivity index (χ1v) is 10.5. The van der Waals surface area contributed by atoms with Crippen LogP contribution in [-0.4, -0.2) is 47.1 Å². The molecule has 2 aliphatic heterocycles. The predicted molar refractivity (Wildman–Crippen MR) is 102 cm³/mol. The summed E-state index contributed by atoms with van der Waals surface area (Å²) in [6, 6.07) is 6.03. The third-order valence-corrected chi connectivity index (χ3v) is 6.99. The summed E-state index contributed by atoms with van der Waals surface area (Å²) in [6.07, 6.45) is 1.42. The zero-order valence-electron chi connectivity index (χ0n) is 14.8. The van der Waals surface area contributed by atoms with E-state index in [1.807, 2.05) is 0 Å². The minimum absolute atomic E-state index is 0. The van der Waals surface area contributed by atoms with Crippen LogP contribution in [0.15, 0.2) is 24.3 Å². The first kappa shape index (κ1) is 20.2. The fraction of sp³-hybridized carbons (Fsp3) is 0.529. The lowest BCUT2D eigenvalue weighted by Gasteiger charge is -2.31. The van der Waals surface area contributed by atoms with Gasteiger partial charge in [-0.3, -0.25) is 0 Å². The molecule has 1 aromatic heterocycles. The standard InChI is InChI=1S/C17H22FN5O2S.ClH/c18-15-4-2-1-3-14(15)12-26(24,25)22-8-5-13(6-9-22)17-21-20-16-11-19-7-10-23(16)17;/h1-4,13,19H,5-12H2;1H. The molecule has 1 fully saturated rings. The topological polar surface area (TPSA) is 80.1 Å². The van der Waals surface area contributed by atoms with Crippen molar-refractivity contribution < 1.29 is 12.8 Å². The number of hydrogen-bond acceptors (Lipinski definition) is 5. The Morgan fingerprint density at radius 2 is 1.89 bits per heavy atom. The summed E-state index contributed by atoms with van der Waals surface area (Å²) in [7, 11) is -3.53. The summed E-state index contributed by atoms with van der Waals surface area (Å²) < 4.78 is 42.7. The molecule has 3 heterocycles. The first-order chi connectivity index (χ1) is 12.5. The van der Waals surface area contributed by atoms with Gasteiger partial charge >= 0.3 is 0 Å². The van der Waals surface area contributed by atoms with E-state index in [4.69, 9.17) is 0 Å². The Morgan fingerprint density at radius 3 is 2.63 bits per heavy atom. The van der Waals surface area contributed by atoms with Gasteiger partial charge in [-0.1, -0.05) is 18.2 Å². The van der Waals surface area contributed by atoms with Gasteiger partial charge in [0.2, 0.25) is 10.0 Å². The molecule has 2 aromatic rings. The van der Waals surface area contributed by atoms with Gasteiger partial charge in [-0.2, -0.15) is 0 Å². The van der Waals surface area contributed by atoms with Crippen LogP contribution < -0.4 is 5.32 Å². The van der Waals surface area contributed by atoms with Gasteiger partial charge in [0.1, 0.15) is 17.5 Å². The Kier molecular flexibility index (Phi) is 6.15. The molecule has 0 aliphatic carbocycles. The van der Waals surface area contributed by atoms with Crippen molar-refractivity contribution in [3.63, 3.8) is 0 Å². The summed E-state index contributed by atoms with van der Waals surface area (Å²) in [5, 5.41) is 11.9. The van der Waals surface area contributed by atoms with E-state index in [1.165, 1.54) is 16.4 Å². The van der Waals surface area contributed by atoms with Crippen LogP contribution in [0.4, 0.5) is 4.39 Å². The maximum Gasteiger partial charge on any atom is 0.218 e. The summed E-state index contributed by atoms with van der Waals surface area (Å²) >= 11 is 0. The molecule has 7 nitrogen and oxygen atoms in total. The highest BCUT2D eigenvalue weighted by atomic mass is 35.5. The van der Waals surface area contributed by atoms with Crippen LogP contribution in [0.3, 0.4) is 0 Å². The number of aromatic nitrogens is 3. The van der Waals surface area contributed by atoms with E-state index in [2.05, 4.69) is 20.1 Å². The summed E-state index contributed by atoms with van der Waals surface area (Å²) in [5.74, 6) is 1.36. The Labute approximate surface area is 164 Å². The van der Waals surface area contributed by atoms with Crippen LogP contribution in [0.25, 0.3) is 0 Å². The van der Waals surface area contributed by atoms with Crippen molar-refractivity contribution in [3.8, 4) is 0 Å². The van der Waals surface area contributed by atoms with Crippen LogP contribution in [0.5, 0.6) is 0 Å². The van der Waals surface area contributed by atoms with Crippen molar-refractivity contribution in [3.05, 3.63) is 47.3 Å². The number of hydrogen-bond donors (Lipinski definition) is 1. The van der Waals surface area contributed by atoms with Gasteiger partial charge in [0.15, 0.2) is 0 Å². The monoisotopic (exact) mass is 415 g/mol. The molecule has 27 heavy (non-hydrogen) atoms. The first-order valence-electron chi connectivity index (χ1n) is 8.88. The SMILES string of the molecule is Cl.O=S(=O)(Cc1ccccc1F)N1CCC(c2nnc3n2CCNC3)CC1. The van der Waals surface area contributed by atoms with E-state index in [0.717, 1.165) is 31.3 Å². The summed E-state index contributed by atoms with van der Waals surface area (Å²) in [6.45, 7) is 3.34. The summed E-state index contributed by atoms with van der Waals surface area (Å²) in [4.78, 5) is 0. The number of fused-ring (bicyclic) bond motifs is 1. The van der Waals surface area contributed by atoms with Crippen LogP contribution in [0, 0.1) is 5.82 Å². The van der Waals surface area contributed by atoms with Crippen molar-refractivity contribution in [2.24, 2.45) is 0 Å². The number of piperidine rings is 1. The van der Waals surface area contributed by atoms with E-state index < -0.39 is 15.8 Å². The lowest BCUT2D eigenvalue weighted by molar-refractivity contribution is 0.306. The molecule has 1 N–H and O–H groups in total. The molecule has 148 valence electrons. The largest absolute Gasteiger partial charge is 0.312 e. The molecule has 1 saturated heterocycles. The quantitative estimate of drug-likeness (QED) is 0.821. The van der Waals surface area contributed by atoms with Gasteiger partial charge in [-0.25, -0.2) is 17.1 Å². The average molecular weight is 416 g/mol. The molecular weight excluding hydrogens is 393 g/mol. The number of benzene rings is 1. The number of sulfonamides is 1. The average Bonchev–Trinajstić information content (AvgIpc) is 3.08. The second-order valence-corrected chi connectivity index (χ2v) is 8.79. The second-order valence-electron chi connectivity index (χ2n) is 6.82. The molecule has 4 rings (SSSR count). The van der Waals surface area contributed by atoms with Gasteiger partial charge in [0, 0.05) is 37.7 Å². The highest BCUT2D eigenvalue weighted by Gasteiger charge is 2.32. The van der Waals surface area contributed by atoms with Crippen LogP contribution in [0.2, 0.25) is 0 Å². The van der Waals surface area contributed by atoms with E-state index in [1.54, 1.807) is 12.1 Å². The van der Waals surface area contributed by atoms with E-state index in [0.29, 0.717) is 25.9 Å². The van der Waals surface area contributed by atoms with Crippen molar-refractivity contribution in [1.29, 1.82) is 0 Å². The second kappa shape index (κ2) is 8.22. The number of nitrogens with zero attached hydrogens (tertiary/aromatic N) is 4. The Balaban J connectivity index is 0.00000210. The van der Waals surface area contributed by atoms with E-state index in [9.17, 15) is 12.8 Å². The van der Waals surface area contributed by atoms with Crippen LogP contribution in [0.1, 0.15) is 36.0 Å². The van der Waals surface area contributed by atoms with Gasteiger partial charge in [-0.05, 0) is 18.9 Å². The number of rotatable bonds is 4. The van der Waals surface area contributed by atoms with E-state index >= 15 is 0 Å². The molecule has 0 radical (unpaired) electrons. The molecule has 0 saturated carbocycles. The lowest BCUT2D eigenvalue weighted by Crippen LogP contribution is -2.39. The molecule has 0 bridgehead atoms. The van der Waals surface area contributed by atoms with Crippen molar-refractivity contribution in [2.45, 2.75) is 37.6 Å². The van der Waals surface area contributed by atoms with Crippen molar-refractivity contribution >= 4 is 22.4 Å². The lowest BCUT2D eigenvalue weighted by atomic mass is 9.97. The molecule has 0 spiro atoms. The van der Waals surface area contributed by atoms with Gasteiger partial charge in [0.05, 0.1) is 12.3 Å². The molecule has 0 atom stereocenters. The van der Waals surface area contributed by atoms with Crippen molar-refractivity contribution in [2.75, 3.05) is 19.6 Å². The normalized spacial score (nSPS) is 18.7. The smallest absolute Gasteiger partial charge is 0.218 e. The molecule has 10 heteroatoms. The number of halogens is 2. The zero-order chi connectivity index (χ0) is 18.1. The predicted octanol–water partition coefficient (Wildman–Crippen LogP) is 1.65. The molecule has 2 aliphatic rings. The number of nitrogens with one attached hydrogen (secondary N) is 1. The van der Waals surface area contributed by atoms with Crippen LogP contribution >= 0.6 is 12.4 Å². The minimum atomic E-state index is -3.53. The summed E-state index contributed by atoms with van der Waals surface area (Å²) in [5.41, 5.74) is 0.216. The molecular formula is C17H23ClFN5O2S. The maximum absolute atomic E-state index is 13.8. The van der Waals surface area contributed by atoms with Gasteiger partial charge in [-0.15, -0.1) is 22.6 Å². The maximum atomic E-state index is 13.8. The molecule has 0 amide bonds. The molecule has 0 unspecified atom stereocenters. The fourth-order valence-corrected chi connectivity index (χ4v) is 5.29. The third kappa shape index (κ3) is 4.16. The van der Waals surface area contributed by atoms with E-state index in [-0.39, 0.29) is 29.6 Å². The highest BCUT2D eigenvalue weighted by molar-refractivity contribution is 7.88. The third-order valence-electron chi connectivity index (χ3n) is 5.16. The van der Waals surface area contributed by atoms with Crippen LogP contribution in [-0.2, 0) is 28.9 Å². The van der Waals surface area contributed by atoms with Crippen molar-refractivity contribution in [1.82, 2.24) is 24.4 Å². The highest BCUT2D eigenvalue weighted by Crippen LogP contribution is 2.29. The van der Waals surface area contributed by atoms with Gasteiger partial charge in [0.25, 0.3) is 0 Å². The fourth-order valence-electron chi connectivity index (χ4n) is 3.71. The molecule has 1 aromatic carbocycles. The Bertz CT molecular complexity index is 896. The van der Waals surface area contributed by atoms with Gasteiger partial charge < -0.3 is 9.88 Å².